The number of hydrogen-bond acceptors (Lipinski definition) is 5. The van der Waals surface area contributed by atoms with E-state index in [0.717, 1.165) is 6.54 Å². The van der Waals surface area contributed by atoms with E-state index in [0.29, 0.717) is 17.4 Å². The third-order valence-electron chi connectivity index (χ3n) is 4.16. The van der Waals surface area contributed by atoms with Crippen molar-refractivity contribution in [3.05, 3.63) is 35.8 Å². The third-order valence-corrected chi connectivity index (χ3v) is 5.55. The zero-order valence-electron chi connectivity index (χ0n) is 13.4. The number of aryl methyl sites for hydroxylation is 1. The Labute approximate surface area is 140 Å². The highest BCUT2D eigenvalue weighted by atomic mass is 32.2. The van der Waals surface area contributed by atoms with E-state index in [1.807, 2.05) is 0 Å². The number of aromatic nitrogens is 1. The molecule has 6 nitrogen and oxygen atoms in total. The molecule has 0 atom stereocenters. The van der Waals surface area contributed by atoms with E-state index in [1.165, 1.54) is 43.9 Å². The van der Waals surface area contributed by atoms with Gasteiger partial charge in [-0.05, 0) is 43.9 Å². The zero-order chi connectivity index (χ0) is 17.2. The van der Waals surface area contributed by atoms with Crippen molar-refractivity contribution in [1.29, 1.82) is 0 Å². The van der Waals surface area contributed by atoms with Crippen LogP contribution in [0.5, 0.6) is 0 Å². The van der Waals surface area contributed by atoms with Gasteiger partial charge in [0.1, 0.15) is 16.5 Å². The monoisotopic (exact) mass is 353 g/mol. The van der Waals surface area contributed by atoms with Crippen LogP contribution >= 0.6 is 0 Å². The van der Waals surface area contributed by atoms with E-state index in [1.54, 1.807) is 13.0 Å². The van der Waals surface area contributed by atoms with Gasteiger partial charge in [-0.3, -0.25) is 4.72 Å². The summed E-state index contributed by atoms with van der Waals surface area (Å²) in [4.78, 5) is -0.422. The van der Waals surface area contributed by atoms with Gasteiger partial charge in [0, 0.05) is 18.3 Å². The summed E-state index contributed by atoms with van der Waals surface area (Å²) in [6.07, 6.45) is 4.85. The topological polar surface area (TPSA) is 84.2 Å². The first-order chi connectivity index (χ1) is 11.4. The minimum atomic E-state index is -4.05. The molecule has 3 rings (SSSR count). The van der Waals surface area contributed by atoms with Gasteiger partial charge in [-0.15, -0.1) is 0 Å². The number of hydrogen-bond donors (Lipinski definition) is 2. The average molecular weight is 353 g/mol. The lowest BCUT2D eigenvalue weighted by Gasteiger charge is -2.13. The normalized spacial score (nSPS) is 15.6. The van der Waals surface area contributed by atoms with Crippen molar-refractivity contribution in [2.75, 3.05) is 16.6 Å². The highest BCUT2D eigenvalue weighted by molar-refractivity contribution is 7.92. The van der Waals surface area contributed by atoms with Gasteiger partial charge in [0.25, 0.3) is 10.0 Å². The Morgan fingerprint density at radius 2 is 2.04 bits per heavy atom. The molecule has 1 fully saturated rings. The standard InChI is InChI=1S/C16H20FN3O3S/c1-11-8-16(19-23-11)20-24(21,22)15-7-6-13(9-14(15)17)18-10-12-4-2-3-5-12/h6-9,12,18H,2-5,10H2,1H3,(H,19,20). The first-order valence-corrected chi connectivity index (χ1v) is 9.42. The fraction of sp³-hybridized carbons (Fsp3) is 0.438. The van der Waals surface area contributed by atoms with Crippen LogP contribution in [-0.2, 0) is 10.0 Å². The molecule has 1 aromatic heterocycles. The summed E-state index contributed by atoms with van der Waals surface area (Å²) >= 11 is 0. The van der Waals surface area contributed by atoms with Gasteiger partial charge in [0.05, 0.1) is 0 Å². The van der Waals surface area contributed by atoms with Gasteiger partial charge in [-0.1, -0.05) is 18.0 Å². The van der Waals surface area contributed by atoms with Crippen molar-refractivity contribution >= 4 is 21.5 Å². The molecule has 8 heteroatoms. The Kier molecular flexibility index (Phi) is 4.75. The van der Waals surface area contributed by atoms with Crippen LogP contribution in [0.15, 0.2) is 33.7 Å². The summed E-state index contributed by atoms with van der Waals surface area (Å²) in [5, 5.41) is 6.72. The molecule has 1 saturated carbocycles. The minimum absolute atomic E-state index is 0.0235. The second-order valence-corrected chi connectivity index (χ2v) is 7.76. The number of halogens is 1. The van der Waals surface area contributed by atoms with Crippen LogP contribution in [0.1, 0.15) is 31.4 Å². The molecule has 0 radical (unpaired) electrons. The Hall–Kier alpha value is -2.09. The predicted octanol–water partition coefficient (Wildman–Crippen LogP) is 3.53. The Bertz CT molecular complexity index is 814. The molecule has 130 valence electrons. The largest absolute Gasteiger partial charge is 0.385 e. The first-order valence-electron chi connectivity index (χ1n) is 7.93. The fourth-order valence-corrected chi connectivity index (χ4v) is 3.96. The Balaban J connectivity index is 1.71. The molecule has 0 aliphatic heterocycles. The first kappa shape index (κ1) is 16.8. The molecule has 1 aromatic carbocycles. The van der Waals surface area contributed by atoms with E-state index >= 15 is 0 Å². The molecule has 0 spiro atoms. The molecule has 2 aromatic rings. The summed E-state index contributed by atoms with van der Waals surface area (Å²) in [7, 11) is -4.05. The Morgan fingerprint density at radius 3 is 2.67 bits per heavy atom. The van der Waals surface area contributed by atoms with Crippen LogP contribution in [0.3, 0.4) is 0 Å². The molecule has 0 saturated heterocycles. The van der Waals surface area contributed by atoms with E-state index in [4.69, 9.17) is 4.52 Å². The van der Waals surface area contributed by atoms with Gasteiger partial charge in [0.2, 0.25) is 0 Å². The van der Waals surface area contributed by atoms with Crippen molar-refractivity contribution in [2.24, 2.45) is 5.92 Å². The van der Waals surface area contributed by atoms with Gasteiger partial charge < -0.3 is 9.84 Å². The molecular formula is C16H20FN3O3S. The molecule has 24 heavy (non-hydrogen) atoms. The smallest absolute Gasteiger partial charge is 0.266 e. The third kappa shape index (κ3) is 3.87. The molecule has 0 amide bonds. The second kappa shape index (κ2) is 6.80. The molecule has 1 aliphatic rings. The zero-order valence-corrected chi connectivity index (χ0v) is 14.2. The molecular weight excluding hydrogens is 333 g/mol. The highest BCUT2D eigenvalue weighted by Gasteiger charge is 2.21. The lowest BCUT2D eigenvalue weighted by Crippen LogP contribution is -2.15. The van der Waals surface area contributed by atoms with Crippen LogP contribution in [-0.4, -0.2) is 20.1 Å². The molecule has 0 unspecified atom stereocenters. The number of sulfonamides is 1. The molecule has 1 heterocycles. The maximum Gasteiger partial charge on any atom is 0.266 e. The van der Waals surface area contributed by atoms with Gasteiger partial charge in [-0.2, -0.15) is 0 Å². The van der Waals surface area contributed by atoms with Crippen LogP contribution in [0, 0.1) is 18.7 Å². The summed E-state index contributed by atoms with van der Waals surface area (Å²) in [6, 6.07) is 5.45. The van der Waals surface area contributed by atoms with Crippen LogP contribution < -0.4 is 10.0 Å². The number of anilines is 2. The van der Waals surface area contributed by atoms with Crippen molar-refractivity contribution in [1.82, 2.24) is 5.16 Å². The number of benzene rings is 1. The SMILES string of the molecule is Cc1cc(NS(=O)(=O)c2ccc(NCC3CCCC3)cc2F)no1. The van der Waals surface area contributed by atoms with E-state index in [9.17, 15) is 12.8 Å². The Morgan fingerprint density at radius 1 is 1.29 bits per heavy atom. The number of rotatable bonds is 6. The predicted molar refractivity (Wildman–Crippen MR) is 88.9 cm³/mol. The maximum absolute atomic E-state index is 14.3. The van der Waals surface area contributed by atoms with Crippen molar-refractivity contribution < 1.29 is 17.3 Å². The summed E-state index contributed by atoms with van der Waals surface area (Å²) in [5.41, 5.74) is 0.579. The van der Waals surface area contributed by atoms with Gasteiger partial charge in [0.15, 0.2) is 5.82 Å². The van der Waals surface area contributed by atoms with Gasteiger partial charge in [-0.25, -0.2) is 12.8 Å². The van der Waals surface area contributed by atoms with E-state index < -0.39 is 20.7 Å². The quantitative estimate of drug-likeness (QED) is 0.830. The second-order valence-electron chi connectivity index (χ2n) is 6.10. The van der Waals surface area contributed by atoms with Crippen LogP contribution in [0.2, 0.25) is 0 Å². The summed E-state index contributed by atoms with van der Waals surface area (Å²) in [5.74, 6) is 0.280. The molecule has 0 bridgehead atoms. The van der Waals surface area contributed by atoms with Crippen molar-refractivity contribution in [3.63, 3.8) is 0 Å². The van der Waals surface area contributed by atoms with Crippen LogP contribution in [0.4, 0.5) is 15.9 Å². The van der Waals surface area contributed by atoms with E-state index in [2.05, 4.69) is 15.2 Å². The minimum Gasteiger partial charge on any atom is -0.385 e. The number of nitrogens with one attached hydrogen (secondary N) is 2. The maximum atomic E-state index is 14.3. The van der Waals surface area contributed by atoms with Crippen LogP contribution in [0.25, 0.3) is 0 Å². The number of nitrogens with zero attached hydrogens (tertiary/aromatic N) is 1. The molecule has 2 N–H and O–H groups in total. The lowest BCUT2D eigenvalue weighted by atomic mass is 10.1. The fourth-order valence-electron chi connectivity index (χ4n) is 2.91. The molecule has 1 aliphatic carbocycles. The summed E-state index contributed by atoms with van der Waals surface area (Å²) in [6.45, 7) is 2.41. The lowest BCUT2D eigenvalue weighted by molar-refractivity contribution is 0.400. The van der Waals surface area contributed by atoms with Gasteiger partial charge >= 0.3 is 0 Å². The average Bonchev–Trinajstić information content (AvgIpc) is 3.16. The highest BCUT2D eigenvalue weighted by Crippen LogP contribution is 2.26. The van der Waals surface area contributed by atoms with E-state index in [-0.39, 0.29) is 5.82 Å². The summed E-state index contributed by atoms with van der Waals surface area (Å²) < 4.78 is 45.8. The van der Waals surface area contributed by atoms with Crippen molar-refractivity contribution in [3.8, 4) is 0 Å². The van der Waals surface area contributed by atoms with Crippen molar-refractivity contribution in [2.45, 2.75) is 37.5 Å².